The number of aryl methyl sites for hydroxylation is 2. The predicted octanol–water partition coefficient (Wildman–Crippen LogP) is 2.43. The number of ether oxygens (including phenoxy) is 1. The fourth-order valence-electron chi connectivity index (χ4n) is 3.30. The monoisotopic (exact) mass is 398 g/mol. The van der Waals surface area contributed by atoms with E-state index in [1.54, 1.807) is 0 Å². The van der Waals surface area contributed by atoms with Crippen LogP contribution in [0, 0.1) is 13.8 Å². The van der Waals surface area contributed by atoms with Gasteiger partial charge in [-0.05, 0) is 26.7 Å². The first-order valence-corrected chi connectivity index (χ1v) is 10.2. The van der Waals surface area contributed by atoms with Gasteiger partial charge in [-0.3, -0.25) is 9.59 Å². The first-order valence-electron chi connectivity index (χ1n) is 9.35. The Hall–Kier alpha value is -2.58. The number of aromatic nitrogens is 3. The highest BCUT2D eigenvalue weighted by atomic mass is 32.1. The first-order chi connectivity index (χ1) is 13.5. The van der Waals surface area contributed by atoms with Crippen molar-refractivity contribution in [2.45, 2.75) is 39.3 Å². The normalized spacial score (nSPS) is 16.6. The van der Waals surface area contributed by atoms with Crippen LogP contribution in [0.5, 0.6) is 0 Å². The zero-order valence-electron chi connectivity index (χ0n) is 15.9. The number of thiazole rings is 1. The number of nitrogens with zero attached hydrogens (tertiary/aromatic N) is 3. The topological polar surface area (TPSA) is 86.1 Å². The SMILES string of the molecule is Cc1ccc(-c2nn(CC(=O)NCC3CCCO3)c(=O)c3nc(C)sc23)cc1. The van der Waals surface area contributed by atoms with Gasteiger partial charge in [0.05, 0.1) is 15.8 Å². The summed E-state index contributed by atoms with van der Waals surface area (Å²) < 4.78 is 7.48. The van der Waals surface area contributed by atoms with Gasteiger partial charge in [0.1, 0.15) is 12.2 Å². The van der Waals surface area contributed by atoms with E-state index < -0.39 is 0 Å². The van der Waals surface area contributed by atoms with E-state index in [2.05, 4.69) is 15.4 Å². The summed E-state index contributed by atoms with van der Waals surface area (Å²) in [6.07, 6.45) is 2.02. The average Bonchev–Trinajstić information content (AvgIpc) is 3.33. The Morgan fingerprint density at radius 3 is 2.82 bits per heavy atom. The summed E-state index contributed by atoms with van der Waals surface area (Å²) in [5, 5.41) is 8.15. The second-order valence-electron chi connectivity index (χ2n) is 7.03. The molecule has 1 aromatic carbocycles. The third-order valence-electron chi connectivity index (χ3n) is 4.78. The molecule has 28 heavy (non-hydrogen) atoms. The highest BCUT2D eigenvalue weighted by Crippen LogP contribution is 2.29. The summed E-state index contributed by atoms with van der Waals surface area (Å²) in [6, 6.07) is 7.94. The van der Waals surface area contributed by atoms with E-state index in [9.17, 15) is 9.59 Å². The molecule has 1 amide bonds. The molecule has 146 valence electrons. The Bertz CT molecular complexity index is 1070. The zero-order valence-corrected chi connectivity index (χ0v) is 16.7. The van der Waals surface area contributed by atoms with Gasteiger partial charge in [0.25, 0.3) is 5.56 Å². The second kappa shape index (κ2) is 7.81. The van der Waals surface area contributed by atoms with Crippen LogP contribution in [0.2, 0.25) is 0 Å². The minimum atomic E-state index is -0.345. The Balaban J connectivity index is 1.66. The fourth-order valence-corrected chi connectivity index (χ4v) is 4.22. The number of benzene rings is 1. The summed E-state index contributed by atoms with van der Waals surface area (Å²) in [6.45, 7) is 4.93. The molecule has 0 radical (unpaired) electrons. The number of rotatable bonds is 5. The molecule has 0 aliphatic carbocycles. The van der Waals surface area contributed by atoms with E-state index in [4.69, 9.17) is 4.74 Å². The van der Waals surface area contributed by atoms with Crippen LogP contribution in [0.1, 0.15) is 23.4 Å². The lowest BCUT2D eigenvalue weighted by atomic mass is 10.1. The van der Waals surface area contributed by atoms with E-state index in [0.29, 0.717) is 17.8 Å². The van der Waals surface area contributed by atoms with E-state index in [-0.39, 0.29) is 24.1 Å². The molecule has 3 heterocycles. The Morgan fingerprint density at radius 1 is 1.32 bits per heavy atom. The maximum Gasteiger partial charge on any atom is 0.294 e. The number of carbonyl (C=O) groups excluding carboxylic acids is 1. The van der Waals surface area contributed by atoms with Gasteiger partial charge in [0.2, 0.25) is 5.91 Å². The Morgan fingerprint density at radius 2 is 2.11 bits per heavy atom. The van der Waals surface area contributed by atoms with Gasteiger partial charge in [-0.15, -0.1) is 11.3 Å². The molecule has 8 heteroatoms. The van der Waals surface area contributed by atoms with Crippen molar-refractivity contribution in [3.8, 4) is 11.3 Å². The molecule has 1 fully saturated rings. The number of hydrogen-bond acceptors (Lipinski definition) is 6. The van der Waals surface area contributed by atoms with Crippen molar-refractivity contribution in [2.24, 2.45) is 0 Å². The van der Waals surface area contributed by atoms with Crippen LogP contribution < -0.4 is 10.9 Å². The Labute approximate surface area is 166 Å². The highest BCUT2D eigenvalue weighted by Gasteiger charge is 2.19. The maximum atomic E-state index is 12.8. The van der Waals surface area contributed by atoms with E-state index >= 15 is 0 Å². The van der Waals surface area contributed by atoms with Gasteiger partial charge < -0.3 is 10.1 Å². The standard InChI is InChI=1S/C20H22N4O3S/c1-12-5-7-14(8-6-12)17-19-18(22-13(2)28-19)20(26)24(23-17)11-16(25)21-10-15-4-3-9-27-15/h5-8,15H,3-4,9-11H2,1-2H3,(H,21,25). The molecule has 1 aliphatic heterocycles. The summed E-state index contributed by atoms with van der Waals surface area (Å²) >= 11 is 1.44. The van der Waals surface area contributed by atoms with Crippen LogP contribution in [0.3, 0.4) is 0 Å². The van der Waals surface area contributed by atoms with Gasteiger partial charge in [-0.25, -0.2) is 9.67 Å². The molecular weight excluding hydrogens is 376 g/mol. The van der Waals surface area contributed by atoms with Crippen LogP contribution in [-0.2, 0) is 16.1 Å². The predicted molar refractivity (Wildman–Crippen MR) is 109 cm³/mol. The second-order valence-corrected chi connectivity index (χ2v) is 8.23. The van der Waals surface area contributed by atoms with E-state index in [1.807, 2.05) is 38.1 Å². The molecule has 1 unspecified atom stereocenters. The van der Waals surface area contributed by atoms with Crippen LogP contribution in [0.15, 0.2) is 29.1 Å². The molecule has 0 saturated carbocycles. The highest BCUT2D eigenvalue weighted by molar-refractivity contribution is 7.19. The number of amides is 1. The van der Waals surface area contributed by atoms with Crippen LogP contribution >= 0.6 is 11.3 Å². The van der Waals surface area contributed by atoms with Gasteiger partial charge in [0.15, 0.2) is 5.52 Å². The number of hydrogen-bond donors (Lipinski definition) is 1. The van der Waals surface area contributed by atoms with Gasteiger partial charge >= 0.3 is 0 Å². The average molecular weight is 398 g/mol. The van der Waals surface area contributed by atoms with Gasteiger partial charge in [0, 0.05) is 18.7 Å². The molecule has 7 nitrogen and oxygen atoms in total. The van der Waals surface area contributed by atoms with Crippen LogP contribution in [0.25, 0.3) is 21.5 Å². The lowest BCUT2D eigenvalue weighted by molar-refractivity contribution is -0.122. The quantitative estimate of drug-likeness (QED) is 0.713. The molecule has 1 aliphatic rings. The smallest absolute Gasteiger partial charge is 0.294 e. The van der Waals surface area contributed by atoms with Crippen molar-refractivity contribution in [2.75, 3.05) is 13.2 Å². The van der Waals surface area contributed by atoms with Crippen molar-refractivity contribution in [1.82, 2.24) is 20.1 Å². The van der Waals surface area contributed by atoms with Crippen molar-refractivity contribution in [3.05, 3.63) is 45.2 Å². The maximum absolute atomic E-state index is 12.8. The van der Waals surface area contributed by atoms with Crippen molar-refractivity contribution in [1.29, 1.82) is 0 Å². The third kappa shape index (κ3) is 3.83. The van der Waals surface area contributed by atoms with Gasteiger partial charge in [-0.1, -0.05) is 29.8 Å². The molecule has 4 rings (SSSR count). The van der Waals surface area contributed by atoms with Crippen LogP contribution in [0.4, 0.5) is 0 Å². The summed E-state index contributed by atoms with van der Waals surface area (Å²) in [5.74, 6) is -0.258. The molecule has 2 aromatic heterocycles. The molecule has 1 N–H and O–H groups in total. The van der Waals surface area contributed by atoms with Crippen molar-refractivity contribution in [3.63, 3.8) is 0 Å². The summed E-state index contributed by atoms with van der Waals surface area (Å²) in [4.78, 5) is 29.6. The summed E-state index contributed by atoms with van der Waals surface area (Å²) in [5.41, 5.74) is 2.73. The van der Waals surface area contributed by atoms with Crippen LogP contribution in [-0.4, -0.2) is 39.9 Å². The first kappa shape index (κ1) is 18.8. The number of carbonyl (C=O) groups is 1. The molecule has 3 aromatic rings. The molecular formula is C20H22N4O3S. The zero-order chi connectivity index (χ0) is 19.7. The molecule has 1 saturated heterocycles. The van der Waals surface area contributed by atoms with E-state index in [0.717, 1.165) is 40.3 Å². The fraction of sp³-hybridized carbons (Fsp3) is 0.400. The number of fused-ring (bicyclic) bond motifs is 1. The van der Waals surface area contributed by atoms with Crippen molar-refractivity contribution >= 4 is 27.5 Å². The lowest BCUT2D eigenvalue weighted by Gasteiger charge is -2.12. The summed E-state index contributed by atoms with van der Waals surface area (Å²) in [7, 11) is 0. The molecule has 0 spiro atoms. The number of nitrogens with one attached hydrogen (secondary N) is 1. The molecule has 1 atom stereocenters. The lowest BCUT2D eigenvalue weighted by Crippen LogP contribution is -2.37. The van der Waals surface area contributed by atoms with Crippen molar-refractivity contribution < 1.29 is 9.53 Å². The Kier molecular flexibility index (Phi) is 5.23. The largest absolute Gasteiger partial charge is 0.376 e. The minimum Gasteiger partial charge on any atom is -0.376 e. The minimum absolute atomic E-state index is 0.0559. The third-order valence-corrected chi connectivity index (χ3v) is 5.75. The van der Waals surface area contributed by atoms with Gasteiger partial charge in [-0.2, -0.15) is 5.10 Å². The molecule has 0 bridgehead atoms. The van der Waals surface area contributed by atoms with E-state index in [1.165, 1.54) is 16.0 Å².